The van der Waals surface area contributed by atoms with E-state index in [9.17, 15) is 0 Å². The van der Waals surface area contributed by atoms with Crippen molar-refractivity contribution in [1.29, 1.82) is 0 Å². The molecule has 2 heterocycles. The van der Waals surface area contributed by atoms with E-state index in [0.29, 0.717) is 5.02 Å². The van der Waals surface area contributed by atoms with Crippen molar-refractivity contribution >= 4 is 11.6 Å². The molecule has 2 aromatic heterocycles. The average molecular weight is 252 g/mol. The standard InChI is InChI=1S/C11H14ClN5/c1-7-4-3-5-14-9(7)10(16-13)11-8(12)6-15-17(11)2/h3-6,10,16H,13H2,1-2H3. The van der Waals surface area contributed by atoms with Crippen LogP contribution in [0.15, 0.2) is 24.5 Å². The summed E-state index contributed by atoms with van der Waals surface area (Å²) in [6.07, 6.45) is 3.33. The summed E-state index contributed by atoms with van der Waals surface area (Å²) in [5.41, 5.74) is 5.43. The maximum absolute atomic E-state index is 6.11. The normalized spacial score (nSPS) is 12.7. The van der Waals surface area contributed by atoms with Gasteiger partial charge in [-0.25, -0.2) is 5.43 Å². The number of halogens is 1. The van der Waals surface area contributed by atoms with Gasteiger partial charge in [0.2, 0.25) is 0 Å². The zero-order valence-electron chi connectivity index (χ0n) is 9.68. The highest BCUT2D eigenvalue weighted by atomic mass is 35.5. The SMILES string of the molecule is Cc1cccnc1C(NN)c1c(Cl)cnn1C. The van der Waals surface area contributed by atoms with Crippen LogP contribution in [0.3, 0.4) is 0 Å². The van der Waals surface area contributed by atoms with Crippen LogP contribution >= 0.6 is 11.6 Å². The van der Waals surface area contributed by atoms with Gasteiger partial charge in [-0.1, -0.05) is 17.7 Å². The van der Waals surface area contributed by atoms with Crippen LogP contribution in [0.1, 0.15) is 23.0 Å². The first-order valence-corrected chi connectivity index (χ1v) is 5.58. The van der Waals surface area contributed by atoms with E-state index in [-0.39, 0.29) is 6.04 Å². The van der Waals surface area contributed by atoms with Crippen molar-refractivity contribution in [1.82, 2.24) is 20.2 Å². The molecule has 90 valence electrons. The van der Waals surface area contributed by atoms with Crippen LogP contribution in [-0.4, -0.2) is 14.8 Å². The van der Waals surface area contributed by atoms with E-state index >= 15 is 0 Å². The number of hydrogen-bond donors (Lipinski definition) is 2. The fourth-order valence-corrected chi connectivity index (χ4v) is 2.11. The molecule has 2 rings (SSSR count). The zero-order chi connectivity index (χ0) is 12.4. The number of nitrogens with one attached hydrogen (secondary N) is 1. The smallest absolute Gasteiger partial charge is 0.107 e. The Balaban J connectivity index is 2.52. The molecule has 1 unspecified atom stereocenters. The van der Waals surface area contributed by atoms with Crippen LogP contribution in [0.2, 0.25) is 5.02 Å². The minimum absolute atomic E-state index is 0.267. The molecule has 0 saturated heterocycles. The number of aromatic nitrogens is 3. The van der Waals surface area contributed by atoms with E-state index in [4.69, 9.17) is 17.4 Å². The van der Waals surface area contributed by atoms with Crippen LogP contribution in [-0.2, 0) is 7.05 Å². The monoisotopic (exact) mass is 251 g/mol. The fraction of sp³-hybridized carbons (Fsp3) is 0.273. The Hall–Kier alpha value is -1.43. The molecule has 0 bridgehead atoms. The van der Waals surface area contributed by atoms with E-state index in [2.05, 4.69) is 15.5 Å². The molecule has 0 aromatic carbocycles. The topological polar surface area (TPSA) is 68.8 Å². The van der Waals surface area contributed by atoms with Crippen LogP contribution in [0.4, 0.5) is 0 Å². The van der Waals surface area contributed by atoms with Crippen LogP contribution in [0.5, 0.6) is 0 Å². The van der Waals surface area contributed by atoms with E-state index in [0.717, 1.165) is 17.0 Å². The van der Waals surface area contributed by atoms with Gasteiger partial charge in [-0.3, -0.25) is 15.5 Å². The molecule has 0 radical (unpaired) electrons. The summed E-state index contributed by atoms with van der Waals surface area (Å²) in [6, 6.07) is 3.60. The average Bonchev–Trinajstić information content (AvgIpc) is 2.64. The van der Waals surface area contributed by atoms with Crippen molar-refractivity contribution < 1.29 is 0 Å². The van der Waals surface area contributed by atoms with Crippen LogP contribution in [0.25, 0.3) is 0 Å². The Morgan fingerprint density at radius 2 is 2.29 bits per heavy atom. The Kier molecular flexibility index (Phi) is 3.42. The molecule has 0 amide bonds. The van der Waals surface area contributed by atoms with Gasteiger partial charge in [0.15, 0.2) is 0 Å². The molecule has 0 aliphatic heterocycles. The lowest BCUT2D eigenvalue weighted by Crippen LogP contribution is -2.31. The van der Waals surface area contributed by atoms with Gasteiger partial charge < -0.3 is 0 Å². The Bertz CT molecular complexity index is 503. The molecular formula is C11H14ClN5. The third kappa shape index (κ3) is 2.17. The predicted octanol–water partition coefficient (Wildman–Crippen LogP) is 1.33. The van der Waals surface area contributed by atoms with Crippen LogP contribution < -0.4 is 11.3 Å². The molecular weight excluding hydrogens is 238 g/mol. The lowest BCUT2D eigenvalue weighted by molar-refractivity contribution is 0.561. The Labute approximate surface area is 105 Å². The van der Waals surface area contributed by atoms with Crippen molar-refractivity contribution in [3.8, 4) is 0 Å². The molecule has 5 nitrogen and oxygen atoms in total. The van der Waals surface area contributed by atoms with Crippen molar-refractivity contribution in [3.05, 3.63) is 46.5 Å². The number of hydrazine groups is 1. The van der Waals surface area contributed by atoms with Crippen LogP contribution in [0, 0.1) is 6.92 Å². The first kappa shape index (κ1) is 12.0. The van der Waals surface area contributed by atoms with Gasteiger partial charge in [-0.15, -0.1) is 0 Å². The van der Waals surface area contributed by atoms with Gasteiger partial charge in [0.05, 0.1) is 22.6 Å². The number of hydrogen-bond acceptors (Lipinski definition) is 4. The van der Waals surface area contributed by atoms with Crippen molar-refractivity contribution in [3.63, 3.8) is 0 Å². The molecule has 0 fully saturated rings. The Morgan fingerprint density at radius 1 is 1.53 bits per heavy atom. The molecule has 0 spiro atoms. The maximum Gasteiger partial charge on any atom is 0.107 e. The summed E-state index contributed by atoms with van der Waals surface area (Å²) in [6.45, 7) is 1.98. The number of rotatable bonds is 3. The molecule has 3 N–H and O–H groups in total. The highest BCUT2D eigenvalue weighted by molar-refractivity contribution is 6.31. The van der Waals surface area contributed by atoms with Crippen molar-refractivity contribution in [2.75, 3.05) is 0 Å². The molecule has 2 aromatic rings. The molecule has 6 heteroatoms. The van der Waals surface area contributed by atoms with E-state index in [1.54, 1.807) is 17.1 Å². The first-order valence-electron chi connectivity index (χ1n) is 5.20. The van der Waals surface area contributed by atoms with E-state index in [1.165, 1.54) is 0 Å². The largest absolute Gasteiger partial charge is 0.270 e. The number of nitrogens with zero attached hydrogens (tertiary/aromatic N) is 3. The van der Waals surface area contributed by atoms with Gasteiger partial charge in [0.1, 0.15) is 6.04 Å². The second-order valence-electron chi connectivity index (χ2n) is 3.81. The molecule has 17 heavy (non-hydrogen) atoms. The zero-order valence-corrected chi connectivity index (χ0v) is 10.4. The molecule has 1 atom stereocenters. The van der Waals surface area contributed by atoms with Gasteiger partial charge in [-0.05, 0) is 18.6 Å². The predicted molar refractivity (Wildman–Crippen MR) is 66.4 cm³/mol. The third-order valence-corrected chi connectivity index (χ3v) is 2.99. The highest BCUT2D eigenvalue weighted by Crippen LogP contribution is 2.27. The summed E-state index contributed by atoms with van der Waals surface area (Å²) in [5.74, 6) is 5.61. The van der Waals surface area contributed by atoms with Gasteiger partial charge >= 0.3 is 0 Å². The number of pyridine rings is 1. The van der Waals surface area contributed by atoms with E-state index in [1.807, 2.05) is 26.1 Å². The van der Waals surface area contributed by atoms with Crippen molar-refractivity contribution in [2.45, 2.75) is 13.0 Å². The lowest BCUT2D eigenvalue weighted by Gasteiger charge is -2.18. The van der Waals surface area contributed by atoms with Gasteiger partial charge in [0, 0.05) is 13.2 Å². The lowest BCUT2D eigenvalue weighted by atomic mass is 10.1. The molecule has 0 aliphatic carbocycles. The molecule has 0 aliphatic rings. The minimum atomic E-state index is -0.267. The highest BCUT2D eigenvalue weighted by Gasteiger charge is 2.22. The summed E-state index contributed by atoms with van der Waals surface area (Å²) in [5, 5.41) is 4.67. The minimum Gasteiger partial charge on any atom is -0.270 e. The summed E-state index contributed by atoms with van der Waals surface area (Å²) in [4.78, 5) is 4.35. The summed E-state index contributed by atoms with van der Waals surface area (Å²) >= 11 is 6.11. The number of aryl methyl sites for hydroxylation is 2. The third-order valence-electron chi connectivity index (χ3n) is 2.70. The summed E-state index contributed by atoms with van der Waals surface area (Å²) in [7, 11) is 1.82. The fourth-order valence-electron chi connectivity index (χ4n) is 1.83. The second kappa shape index (κ2) is 4.83. The molecule has 0 saturated carbocycles. The maximum atomic E-state index is 6.11. The van der Waals surface area contributed by atoms with Crippen molar-refractivity contribution in [2.24, 2.45) is 12.9 Å². The quantitative estimate of drug-likeness (QED) is 0.638. The second-order valence-corrected chi connectivity index (χ2v) is 4.21. The first-order chi connectivity index (χ1) is 8.15. The summed E-state index contributed by atoms with van der Waals surface area (Å²) < 4.78 is 1.70. The van der Waals surface area contributed by atoms with Gasteiger partial charge in [-0.2, -0.15) is 5.10 Å². The van der Waals surface area contributed by atoms with Gasteiger partial charge in [0.25, 0.3) is 0 Å². The van der Waals surface area contributed by atoms with E-state index < -0.39 is 0 Å². The Morgan fingerprint density at radius 3 is 2.82 bits per heavy atom. The number of nitrogens with two attached hydrogens (primary N) is 1.